The fourth-order valence-electron chi connectivity index (χ4n) is 3.06. The Hall–Kier alpha value is -1.75. The average Bonchev–Trinajstić information content (AvgIpc) is 2.62. The molecule has 0 aliphatic heterocycles. The van der Waals surface area contributed by atoms with Gasteiger partial charge < -0.3 is 10.2 Å². The molecule has 0 saturated heterocycles. The number of carbonyl (C=O) groups excluding carboxylic acids is 2. The van der Waals surface area contributed by atoms with E-state index in [2.05, 4.69) is 5.32 Å². The van der Waals surface area contributed by atoms with Crippen molar-refractivity contribution in [3.05, 3.63) is 68.7 Å². The van der Waals surface area contributed by atoms with Crippen LogP contribution in [0.3, 0.4) is 0 Å². The van der Waals surface area contributed by atoms with Gasteiger partial charge in [-0.3, -0.25) is 9.59 Å². The number of hydrogen-bond acceptors (Lipinski definition) is 2. The molecule has 0 bridgehead atoms. The molecule has 2 aromatic rings. The third kappa shape index (κ3) is 6.91. The molecule has 29 heavy (non-hydrogen) atoms. The fourth-order valence-corrected chi connectivity index (χ4v) is 3.74. The van der Waals surface area contributed by atoms with Crippen LogP contribution in [0.1, 0.15) is 38.3 Å². The Morgan fingerprint density at radius 3 is 2.31 bits per heavy atom. The molecule has 1 unspecified atom stereocenters. The van der Waals surface area contributed by atoms with E-state index in [0.717, 1.165) is 11.1 Å². The highest BCUT2D eigenvalue weighted by molar-refractivity contribution is 6.35. The van der Waals surface area contributed by atoms with Gasteiger partial charge in [0, 0.05) is 27.7 Å². The van der Waals surface area contributed by atoms with Crippen LogP contribution in [0.2, 0.25) is 15.1 Å². The maximum atomic E-state index is 13.2. The minimum absolute atomic E-state index is 0.0273. The van der Waals surface area contributed by atoms with E-state index < -0.39 is 6.04 Å². The number of nitrogens with zero attached hydrogens (tertiary/aromatic N) is 1. The van der Waals surface area contributed by atoms with Crippen LogP contribution in [0.5, 0.6) is 0 Å². The predicted molar refractivity (Wildman–Crippen MR) is 120 cm³/mol. The summed E-state index contributed by atoms with van der Waals surface area (Å²) >= 11 is 18.4. The largest absolute Gasteiger partial charge is 0.352 e. The summed E-state index contributed by atoms with van der Waals surface area (Å²) in [5.41, 5.74) is 1.51. The number of carbonyl (C=O) groups is 2. The molecule has 0 spiro atoms. The molecule has 7 heteroatoms. The van der Waals surface area contributed by atoms with E-state index in [1.54, 1.807) is 41.3 Å². The summed E-state index contributed by atoms with van der Waals surface area (Å²) in [6.45, 7) is 5.87. The molecule has 2 amide bonds. The molecule has 1 N–H and O–H groups in total. The van der Waals surface area contributed by atoms with Gasteiger partial charge in [-0.05, 0) is 55.7 Å². The first-order valence-electron chi connectivity index (χ1n) is 9.49. The molecule has 0 aliphatic carbocycles. The van der Waals surface area contributed by atoms with Crippen molar-refractivity contribution < 1.29 is 9.59 Å². The van der Waals surface area contributed by atoms with Crippen LogP contribution in [-0.4, -0.2) is 28.8 Å². The predicted octanol–water partition coefficient (Wildman–Crippen LogP) is 5.52. The molecule has 2 aromatic carbocycles. The van der Waals surface area contributed by atoms with E-state index in [-0.39, 0.29) is 30.8 Å². The van der Waals surface area contributed by atoms with Gasteiger partial charge >= 0.3 is 0 Å². The monoisotopic (exact) mass is 454 g/mol. The third-order valence-electron chi connectivity index (χ3n) is 4.42. The Bertz CT molecular complexity index is 871. The Morgan fingerprint density at radius 1 is 1.03 bits per heavy atom. The van der Waals surface area contributed by atoms with Gasteiger partial charge in [0.2, 0.25) is 11.8 Å². The van der Waals surface area contributed by atoms with E-state index in [9.17, 15) is 9.59 Å². The van der Waals surface area contributed by atoms with E-state index in [1.165, 1.54) is 0 Å². The van der Waals surface area contributed by atoms with Crippen molar-refractivity contribution in [3.8, 4) is 0 Å². The van der Waals surface area contributed by atoms with E-state index in [0.29, 0.717) is 21.5 Å². The highest BCUT2D eigenvalue weighted by atomic mass is 35.5. The standard InChI is InChI=1S/C22H25Cl3N2O2/c1-4-20(22(29)26-14(2)3)27(13-16-8-9-18(24)12-19(16)25)21(28)11-15-6-5-7-17(23)10-15/h5-10,12,14,20H,4,11,13H2,1-3H3,(H,26,29). The molecule has 2 rings (SSSR count). The molecule has 1 atom stereocenters. The second kappa shape index (κ2) is 10.9. The van der Waals surface area contributed by atoms with Gasteiger partial charge in [0.25, 0.3) is 0 Å². The van der Waals surface area contributed by atoms with Crippen molar-refractivity contribution in [2.24, 2.45) is 0 Å². The maximum absolute atomic E-state index is 13.2. The van der Waals surface area contributed by atoms with E-state index in [1.807, 2.05) is 26.8 Å². The van der Waals surface area contributed by atoms with Gasteiger partial charge in [-0.2, -0.15) is 0 Å². The molecule has 0 saturated carbocycles. The SMILES string of the molecule is CCC(C(=O)NC(C)C)N(Cc1ccc(Cl)cc1Cl)C(=O)Cc1cccc(Cl)c1. The summed E-state index contributed by atoms with van der Waals surface area (Å²) < 4.78 is 0. The molecule has 4 nitrogen and oxygen atoms in total. The molecular weight excluding hydrogens is 431 g/mol. The lowest BCUT2D eigenvalue weighted by Gasteiger charge is -2.31. The van der Waals surface area contributed by atoms with Crippen molar-refractivity contribution in [2.75, 3.05) is 0 Å². The lowest BCUT2D eigenvalue weighted by molar-refractivity contribution is -0.141. The number of halogens is 3. The van der Waals surface area contributed by atoms with Crippen molar-refractivity contribution in [2.45, 2.75) is 52.2 Å². The van der Waals surface area contributed by atoms with Crippen molar-refractivity contribution in [1.29, 1.82) is 0 Å². The van der Waals surface area contributed by atoms with E-state index in [4.69, 9.17) is 34.8 Å². The van der Waals surface area contributed by atoms with Gasteiger partial charge in [-0.1, -0.05) is 59.9 Å². The summed E-state index contributed by atoms with van der Waals surface area (Å²) in [4.78, 5) is 27.6. The van der Waals surface area contributed by atoms with Crippen LogP contribution in [-0.2, 0) is 22.6 Å². The molecular formula is C22H25Cl3N2O2. The van der Waals surface area contributed by atoms with Gasteiger partial charge in [-0.25, -0.2) is 0 Å². The summed E-state index contributed by atoms with van der Waals surface area (Å²) in [5, 5.41) is 4.44. The molecule has 0 aliphatic rings. The summed E-state index contributed by atoms with van der Waals surface area (Å²) in [7, 11) is 0. The zero-order valence-corrected chi connectivity index (χ0v) is 19.0. The highest BCUT2D eigenvalue weighted by Gasteiger charge is 2.29. The average molecular weight is 456 g/mol. The summed E-state index contributed by atoms with van der Waals surface area (Å²) in [6.07, 6.45) is 0.613. The number of nitrogens with one attached hydrogen (secondary N) is 1. The topological polar surface area (TPSA) is 49.4 Å². The lowest BCUT2D eigenvalue weighted by Crippen LogP contribution is -2.50. The first-order chi connectivity index (χ1) is 13.7. The second-order valence-corrected chi connectivity index (χ2v) is 8.43. The molecule has 0 heterocycles. The minimum atomic E-state index is -0.615. The van der Waals surface area contributed by atoms with Crippen LogP contribution in [0.4, 0.5) is 0 Å². The van der Waals surface area contributed by atoms with E-state index >= 15 is 0 Å². The Morgan fingerprint density at radius 2 is 1.72 bits per heavy atom. The zero-order chi connectivity index (χ0) is 21.6. The molecule has 0 aromatic heterocycles. The van der Waals surface area contributed by atoms with Crippen molar-refractivity contribution >= 4 is 46.6 Å². The zero-order valence-electron chi connectivity index (χ0n) is 16.7. The fraction of sp³-hybridized carbons (Fsp3) is 0.364. The van der Waals surface area contributed by atoms with Crippen molar-refractivity contribution in [1.82, 2.24) is 10.2 Å². The van der Waals surface area contributed by atoms with Gasteiger partial charge in [0.15, 0.2) is 0 Å². The quantitative estimate of drug-likeness (QED) is 0.569. The first-order valence-corrected chi connectivity index (χ1v) is 10.6. The van der Waals surface area contributed by atoms with Crippen LogP contribution in [0, 0.1) is 0 Å². The number of amides is 2. The van der Waals surface area contributed by atoms with Crippen LogP contribution < -0.4 is 5.32 Å². The summed E-state index contributed by atoms with van der Waals surface area (Å²) in [6, 6.07) is 11.6. The third-order valence-corrected chi connectivity index (χ3v) is 5.24. The molecule has 156 valence electrons. The van der Waals surface area contributed by atoms with Crippen LogP contribution in [0.15, 0.2) is 42.5 Å². The first kappa shape index (κ1) is 23.5. The molecule has 0 radical (unpaired) electrons. The number of benzene rings is 2. The summed E-state index contributed by atoms with van der Waals surface area (Å²) in [5.74, 6) is -0.365. The number of hydrogen-bond donors (Lipinski definition) is 1. The smallest absolute Gasteiger partial charge is 0.243 e. The van der Waals surface area contributed by atoms with Crippen molar-refractivity contribution in [3.63, 3.8) is 0 Å². The normalized spacial score (nSPS) is 12.0. The van der Waals surface area contributed by atoms with Gasteiger partial charge in [0.1, 0.15) is 6.04 Å². The Kier molecular flexibility index (Phi) is 8.81. The molecule has 0 fully saturated rings. The maximum Gasteiger partial charge on any atom is 0.243 e. The lowest BCUT2D eigenvalue weighted by atomic mass is 10.1. The Balaban J connectivity index is 2.34. The second-order valence-electron chi connectivity index (χ2n) is 7.15. The minimum Gasteiger partial charge on any atom is -0.352 e. The van der Waals surface area contributed by atoms with Gasteiger partial charge in [0.05, 0.1) is 6.42 Å². The number of rotatable bonds is 8. The Labute approximate surface area is 187 Å². The van der Waals surface area contributed by atoms with Crippen LogP contribution in [0.25, 0.3) is 0 Å². The van der Waals surface area contributed by atoms with Crippen LogP contribution >= 0.6 is 34.8 Å². The highest BCUT2D eigenvalue weighted by Crippen LogP contribution is 2.24. The van der Waals surface area contributed by atoms with Gasteiger partial charge in [-0.15, -0.1) is 0 Å².